The number of nitrogens with zero attached hydrogens (tertiary/aromatic N) is 1. The molecule has 0 aliphatic carbocycles. The second-order valence-corrected chi connectivity index (χ2v) is 3.83. The highest BCUT2D eigenvalue weighted by atomic mass is 16.8. The van der Waals surface area contributed by atoms with E-state index < -0.39 is 41.7 Å². The quantitative estimate of drug-likeness (QED) is 0.172. The molecule has 0 bridgehead atoms. The van der Waals surface area contributed by atoms with E-state index in [4.69, 9.17) is 35.7 Å². The number of aliphatic carboxylic acids is 1. The highest BCUT2D eigenvalue weighted by molar-refractivity contribution is 5.67. The number of carboxylic acids is 1. The minimum absolute atomic E-state index is 0.574. The first-order chi connectivity index (χ1) is 7.31. The highest BCUT2D eigenvalue weighted by Gasteiger charge is 2.60. The number of rotatable bonds is 6. The van der Waals surface area contributed by atoms with Crippen molar-refractivity contribution in [2.45, 2.75) is 24.7 Å². The van der Waals surface area contributed by atoms with Gasteiger partial charge in [0, 0.05) is 0 Å². The number of hydrogen-bond acceptors (Lipinski definition) is 8. The van der Waals surface area contributed by atoms with Gasteiger partial charge in [0.2, 0.25) is 0 Å². The molecule has 0 heterocycles. The molecule has 0 aliphatic heterocycles. The zero-order valence-corrected chi connectivity index (χ0v) is 8.92. The summed E-state index contributed by atoms with van der Waals surface area (Å²) in [5, 5.41) is 71.0. The van der Waals surface area contributed by atoms with Crippen LogP contribution in [0.2, 0.25) is 0 Å². The van der Waals surface area contributed by atoms with Gasteiger partial charge in [0.1, 0.15) is 12.6 Å². The van der Waals surface area contributed by atoms with Gasteiger partial charge < -0.3 is 10.2 Å². The minimum atomic E-state index is -3.81. The first kappa shape index (κ1) is 16.1. The Morgan fingerprint density at radius 3 is 1.71 bits per heavy atom. The van der Waals surface area contributed by atoms with E-state index in [1.165, 1.54) is 0 Å². The summed E-state index contributed by atoms with van der Waals surface area (Å²) >= 11 is 0. The average Bonchev–Trinajstić information content (AvgIpc) is 1.97. The molecule has 102 valence electrons. The number of aliphatic hydroxyl groups excluding tert-OH is 1. The maximum absolute atomic E-state index is 10.3. The Labute approximate surface area is 95.4 Å². The molecular formula is C7H16NO9+. The molecule has 10 nitrogen and oxygen atoms in total. The Bertz CT molecular complexity index is 264. The molecule has 0 aliphatic rings. The highest BCUT2D eigenvalue weighted by Crippen LogP contribution is 2.25. The molecule has 0 aromatic rings. The smallest absolute Gasteiger partial charge is 0.448 e. The maximum atomic E-state index is 10.3. The third-order valence-electron chi connectivity index (χ3n) is 2.31. The van der Waals surface area contributed by atoms with Crippen LogP contribution < -0.4 is 0 Å². The molecule has 0 rings (SSSR count). The lowest BCUT2D eigenvalue weighted by molar-refractivity contribution is -1.13. The molecule has 10 heteroatoms. The first-order valence-electron chi connectivity index (χ1n) is 4.41. The second kappa shape index (κ2) is 4.80. The SMILES string of the molecule is C[N+](CC(O)CC(=O)O)(C(O)(O)O)C(O)(O)O. The summed E-state index contributed by atoms with van der Waals surface area (Å²) in [5.74, 6) is -1.44. The average molecular weight is 258 g/mol. The first-order valence-corrected chi connectivity index (χ1v) is 4.41. The van der Waals surface area contributed by atoms with Crippen LogP contribution in [0, 0.1) is 0 Å². The standard InChI is InChI=1S/C7H15NO9/c1-8(6(12,13)14,7(15,16)17)3-4(9)2-5(10)11/h4,9,12-17H,2-3H2,1H3/p+1. The van der Waals surface area contributed by atoms with E-state index in [9.17, 15) is 9.90 Å². The summed E-state index contributed by atoms with van der Waals surface area (Å²) in [6.45, 7) is -1.06. The monoisotopic (exact) mass is 258 g/mol. The summed E-state index contributed by atoms with van der Waals surface area (Å²) in [4.78, 5) is 10.3. The number of carboxylic acid groups (broad SMARTS) is 1. The van der Waals surface area contributed by atoms with Gasteiger partial charge in [-0.1, -0.05) is 0 Å². The van der Waals surface area contributed by atoms with Crippen molar-refractivity contribution in [2.24, 2.45) is 0 Å². The van der Waals surface area contributed by atoms with Crippen LogP contribution in [-0.2, 0) is 4.79 Å². The lowest BCUT2D eigenvalue weighted by Gasteiger charge is -2.43. The van der Waals surface area contributed by atoms with E-state index >= 15 is 0 Å². The van der Waals surface area contributed by atoms with Crippen molar-refractivity contribution in [1.29, 1.82) is 0 Å². The van der Waals surface area contributed by atoms with Crippen molar-refractivity contribution in [3.05, 3.63) is 0 Å². The molecule has 1 atom stereocenters. The van der Waals surface area contributed by atoms with Crippen LogP contribution in [0.25, 0.3) is 0 Å². The van der Waals surface area contributed by atoms with Crippen LogP contribution in [-0.4, -0.2) is 83.2 Å². The molecule has 0 aromatic carbocycles. The van der Waals surface area contributed by atoms with Crippen molar-refractivity contribution in [1.82, 2.24) is 0 Å². The predicted octanol–water partition coefficient (Wildman–Crippen LogP) is -4.55. The topological polar surface area (TPSA) is 179 Å². The van der Waals surface area contributed by atoms with Crippen molar-refractivity contribution >= 4 is 5.97 Å². The van der Waals surface area contributed by atoms with Crippen molar-refractivity contribution < 1.29 is 50.1 Å². The van der Waals surface area contributed by atoms with Gasteiger partial charge in [0.05, 0.1) is 13.5 Å². The normalized spacial score (nSPS) is 15.8. The molecule has 0 aromatic heterocycles. The van der Waals surface area contributed by atoms with Crippen molar-refractivity contribution in [2.75, 3.05) is 13.6 Å². The van der Waals surface area contributed by atoms with E-state index in [-0.39, 0.29) is 0 Å². The number of carbonyl (C=O) groups is 1. The number of hydrogen-bond donors (Lipinski definition) is 8. The van der Waals surface area contributed by atoms with Crippen LogP contribution in [0.3, 0.4) is 0 Å². The van der Waals surface area contributed by atoms with E-state index in [2.05, 4.69) is 0 Å². The third-order valence-corrected chi connectivity index (χ3v) is 2.31. The molecule has 0 amide bonds. The Balaban J connectivity index is 5.05. The molecule has 0 fully saturated rings. The van der Waals surface area contributed by atoms with Crippen LogP contribution in [0.15, 0.2) is 0 Å². The summed E-state index contributed by atoms with van der Waals surface area (Å²) in [5.41, 5.74) is 0. The van der Waals surface area contributed by atoms with Gasteiger partial charge in [-0.15, -0.1) is 0 Å². The summed E-state index contributed by atoms with van der Waals surface area (Å²) in [6, 6.07) is 0. The Morgan fingerprint density at radius 1 is 1.12 bits per heavy atom. The van der Waals surface area contributed by atoms with Crippen LogP contribution >= 0.6 is 0 Å². The lowest BCUT2D eigenvalue weighted by Crippen LogP contribution is -2.75. The Morgan fingerprint density at radius 2 is 1.47 bits per heavy atom. The zero-order valence-electron chi connectivity index (χ0n) is 8.92. The van der Waals surface area contributed by atoms with Gasteiger partial charge in [-0.05, 0) is 0 Å². The fourth-order valence-corrected chi connectivity index (χ4v) is 1.13. The number of quaternary nitrogens is 1. The molecule has 0 saturated carbocycles. The van der Waals surface area contributed by atoms with E-state index in [1.54, 1.807) is 0 Å². The Hall–Kier alpha value is -0.850. The molecule has 0 spiro atoms. The molecule has 1 unspecified atom stereocenters. The largest absolute Gasteiger partial charge is 0.481 e. The molecule has 17 heavy (non-hydrogen) atoms. The van der Waals surface area contributed by atoms with Gasteiger partial charge in [0.25, 0.3) is 0 Å². The second-order valence-electron chi connectivity index (χ2n) is 3.83. The van der Waals surface area contributed by atoms with Crippen molar-refractivity contribution in [3.8, 4) is 0 Å². The fourth-order valence-electron chi connectivity index (χ4n) is 1.13. The van der Waals surface area contributed by atoms with Crippen LogP contribution in [0.1, 0.15) is 6.42 Å². The Kier molecular flexibility index (Phi) is 4.56. The van der Waals surface area contributed by atoms with Crippen molar-refractivity contribution in [3.63, 3.8) is 0 Å². The predicted molar refractivity (Wildman–Crippen MR) is 48.1 cm³/mol. The van der Waals surface area contributed by atoms with Gasteiger partial charge in [-0.25, -0.2) is 0 Å². The van der Waals surface area contributed by atoms with E-state index in [1.807, 2.05) is 0 Å². The number of likely N-dealkylation sites (N-methyl/N-ethyl adjacent to an activating group) is 1. The van der Waals surface area contributed by atoms with Gasteiger partial charge in [-0.3, -0.25) is 35.4 Å². The van der Waals surface area contributed by atoms with Gasteiger partial charge in [0.15, 0.2) is 0 Å². The number of aliphatic hydroxyl groups is 7. The van der Waals surface area contributed by atoms with Gasteiger partial charge in [-0.2, -0.15) is 4.48 Å². The maximum Gasteiger partial charge on any atom is 0.448 e. The van der Waals surface area contributed by atoms with Crippen LogP contribution in [0.5, 0.6) is 0 Å². The van der Waals surface area contributed by atoms with Crippen LogP contribution in [0.4, 0.5) is 0 Å². The molecule has 0 radical (unpaired) electrons. The summed E-state index contributed by atoms with van der Waals surface area (Å²) in [6.07, 6.45) is -10.2. The van der Waals surface area contributed by atoms with E-state index in [0.29, 0.717) is 7.05 Å². The lowest BCUT2D eigenvalue weighted by atomic mass is 10.2. The summed E-state index contributed by atoms with van der Waals surface area (Å²) < 4.78 is -2.05. The molecule has 8 N–H and O–H groups in total. The molecular weight excluding hydrogens is 242 g/mol. The van der Waals surface area contributed by atoms with E-state index in [0.717, 1.165) is 0 Å². The zero-order chi connectivity index (χ0) is 14.1. The minimum Gasteiger partial charge on any atom is -0.481 e. The fraction of sp³-hybridized carbons (Fsp3) is 0.857. The van der Waals surface area contributed by atoms with Gasteiger partial charge >= 0.3 is 18.2 Å². The third kappa shape index (κ3) is 3.83. The summed E-state index contributed by atoms with van der Waals surface area (Å²) in [7, 11) is 0.574. The molecule has 0 saturated heterocycles.